The van der Waals surface area contributed by atoms with Gasteiger partial charge >= 0.3 is 6.09 Å². The molecule has 0 aliphatic carbocycles. The van der Waals surface area contributed by atoms with Crippen LogP contribution >= 0.6 is 0 Å². The summed E-state index contributed by atoms with van der Waals surface area (Å²) in [5.74, 6) is 0. The van der Waals surface area contributed by atoms with Gasteiger partial charge in [-0.3, -0.25) is 0 Å². The summed E-state index contributed by atoms with van der Waals surface area (Å²) >= 11 is 0. The molecule has 1 unspecified atom stereocenters. The van der Waals surface area contributed by atoms with Crippen molar-refractivity contribution in [2.24, 2.45) is 0 Å². The van der Waals surface area contributed by atoms with Crippen LogP contribution < -0.4 is 5.43 Å². The van der Waals surface area contributed by atoms with Crippen LogP contribution in [0.3, 0.4) is 0 Å². The maximum absolute atomic E-state index is 10.7. The Morgan fingerprint density at radius 1 is 1.47 bits per heavy atom. The number of nitrogens with one attached hydrogen (secondary N) is 1. The van der Waals surface area contributed by atoms with Crippen molar-refractivity contribution in [3.05, 3.63) is 0 Å². The van der Waals surface area contributed by atoms with Gasteiger partial charge in [0.15, 0.2) is 0 Å². The van der Waals surface area contributed by atoms with Gasteiger partial charge in [0, 0.05) is 6.54 Å². The second-order valence-corrected chi connectivity index (χ2v) is 3.50. The van der Waals surface area contributed by atoms with Gasteiger partial charge in [-0.15, -0.1) is 0 Å². The highest BCUT2D eigenvalue weighted by molar-refractivity contribution is 5.70. The van der Waals surface area contributed by atoms with Crippen molar-refractivity contribution < 1.29 is 14.7 Å². The number of unbranched alkanes of at least 4 members (excludes halogenated alkanes) is 3. The molecule has 0 aromatic heterocycles. The van der Waals surface area contributed by atoms with Gasteiger partial charge in [-0.2, -0.15) is 0 Å². The molecule has 0 saturated heterocycles. The first-order valence-corrected chi connectivity index (χ1v) is 5.34. The second-order valence-electron chi connectivity index (χ2n) is 3.50. The SMILES string of the molecule is CCCCCCNN(C(=O)O)C(C)C=O. The lowest BCUT2D eigenvalue weighted by molar-refractivity contribution is -0.112. The highest BCUT2D eigenvalue weighted by atomic mass is 16.4. The lowest BCUT2D eigenvalue weighted by Gasteiger charge is -2.22. The van der Waals surface area contributed by atoms with Gasteiger partial charge in [-0.05, 0) is 13.3 Å². The Hall–Kier alpha value is -1.10. The molecular weight excluding hydrogens is 196 g/mol. The van der Waals surface area contributed by atoms with Gasteiger partial charge in [0.25, 0.3) is 0 Å². The third-order valence-electron chi connectivity index (χ3n) is 2.12. The molecule has 0 aromatic rings. The zero-order valence-corrected chi connectivity index (χ0v) is 9.40. The summed E-state index contributed by atoms with van der Waals surface area (Å²) in [5.41, 5.74) is 2.73. The monoisotopic (exact) mass is 216 g/mol. The fourth-order valence-electron chi connectivity index (χ4n) is 1.20. The fourth-order valence-corrected chi connectivity index (χ4v) is 1.20. The number of amides is 1. The quantitative estimate of drug-likeness (QED) is 0.367. The average Bonchev–Trinajstić information content (AvgIpc) is 2.22. The molecule has 0 aromatic carbocycles. The van der Waals surface area contributed by atoms with Crippen molar-refractivity contribution in [3.63, 3.8) is 0 Å². The summed E-state index contributed by atoms with van der Waals surface area (Å²) in [5, 5.41) is 9.73. The van der Waals surface area contributed by atoms with E-state index in [-0.39, 0.29) is 0 Å². The first-order valence-electron chi connectivity index (χ1n) is 5.34. The Morgan fingerprint density at radius 2 is 2.13 bits per heavy atom. The molecule has 2 N–H and O–H groups in total. The average molecular weight is 216 g/mol. The molecule has 0 heterocycles. The number of hydrazine groups is 1. The van der Waals surface area contributed by atoms with Crippen LogP contribution in [0.4, 0.5) is 4.79 Å². The molecule has 15 heavy (non-hydrogen) atoms. The first kappa shape index (κ1) is 13.9. The van der Waals surface area contributed by atoms with Gasteiger partial charge in [-0.1, -0.05) is 26.2 Å². The van der Waals surface area contributed by atoms with E-state index in [0.29, 0.717) is 12.8 Å². The number of nitrogens with zero attached hydrogens (tertiary/aromatic N) is 1. The summed E-state index contributed by atoms with van der Waals surface area (Å²) in [7, 11) is 0. The molecule has 1 atom stereocenters. The lowest BCUT2D eigenvalue weighted by atomic mass is 10.2. The standard InChI is InChI=1S/C10H20N2O3/c1-3-4-5-6-7-11-12(10(14)15)9(2)8-13/h8-9,11H,3-7H2,1-2H3,(H,14,15). The van der Waals surface area contributed by atoms with Crippen molar-refractivity contribution in [3.8, 4) is 0 Å². The molecule has 0 bridgehead atoms. The van der Waals surface area contributed by atoms with E-state index in [0.717, 1.165) is 30.7 Å². The minimum Gasteiger partial charge on any atom is -0.464 e. The molecule has 1 amide bonds. The Labute approximate surface area is 90.4 Å². The van der Waals surface area contributed by atoms with Crippen LogP contribution in [-0.4, -0.2) is 35.1 Å². The maximum Gasteiger partial charge on any atom is 0.422 e. The highest BCUT2D eigenvalue weighted by Gasteiger charge is 2.17. The van der Waals surface area contributed by atoms with Crippen molar-refractivity contribution in [1.82, 2.24) is 10.4 Å². The number of rotatable bonds is 8. The van der Waals surface area contributed by atoms with Gasteiger partial charge in [0.2, 0.25) is 0 Å². The molecule has 5 nitrogen and oxygen atoms in total. The van der Waals surface area contributed by atoms with Crippen LogP contribution in [0.2, 0.25) is 0 Å². The predicted octanol–water partition coefficient (Wildman–Crippen LogP) is 1.64. The molecular formula is C10H20N2O3. The molecule has 0 aliphatic heterocycles. The number of aldehydes is 1. The summed E-state index contributed by atoms with van der Waals surface area (Å²) < 4.78 is 0. The van der Waals surface area contributed by atoms with Crippen LogP contribution in [-0.2, 0) is 4.79 Å². The van der Waals surface area contributed by atoms with Gasteiger partial charge in [0.05, 0.1) is 0 Å². The molecule has 0 radical (unpaired) electrons. The van der Waals surface area contributed by atoms with E-state index in [4.69, 9.17) is 5.11 Å². The van der Waals surface area contributed by atoms with E-state index < -0.39 is 12.1 Å². The van der Waals surface area contributed by atoms with Crippen molar-refractivity contribution in [2.45, 2.75) is 45.6 Å². The van der Waals surface area contributed by atoms with Crippen molar-refractivity contribution >= 4 is 12.4 Å². The minimum absolute atomic E-state index is 0.588. The molecule has 88 valence electrons. The summed E-state index contributed by atoms with van der Waals surface area (Å²) in [4.78, 5) is 21.2. The normalized spacial score (nSPS) is 12.1. The molecule has 0 rings (SSSR count). The Kier molecular flexibility index (Phi) is 7.62. The predicted molar refractivity (Wildman–Crippen MR) is 57.5 cm³/mol. The van der Waals surface area contributed by atoms with Crippen LogP contribution in [0.5, 0.6) is 0 Å². The van der Waals surface area contributed by atoms with Crippen LogP contribution in [0.15, 0.2) is 0 Å². The van der Waals surface area contributed by atoms with E-state index in [1.807, 2.05) is 0 Å². The maximum atomic E-state index is 10.7. The number of carbonyl (C=O) groups is 2. The van der Waals surface area contributed by atoms with Crippen LogP contribution in [0, 0.1) is 0 Å². The van der Waals surface area contributed by atoms with Gasteiger partial charge < -0.3 is 9.90 Å². The second kappa shape index (κ2) is 8.23. The van der Waals surface area contributed by atoms with Crippen molar-refractivity contribution in [2.75, 3.05) is 6.54 Å². The number of carboxylic acid groups (broad SMARTS) is 1. The van der Waals surface area contributed by atoms with E-state index in [9.17, 15) is 9.59 Å². The molecule has 0 aliphatic rings. The minimum atomic E-state index is -1.12. The Balaban J connectivity index is 3.77. The lowest BCUT2D eigenvalue weighted by Crippen LogP contribution is -2.48. The third kappa shape index (κ3) is 6.06. The van der Waals surface area contributed by atoms with Crippen molar-refractivity contribution in [1.29, 1.82) is 0 Å². The molecule has 0 spiro atoms. The van der Waals surface area contributed by atoms with Crippen LogP contribution in [0.1, 0.15) is 39.5 Å². The van der Waals surface area contributed by atoms with Crippen LogP contribution in [0.25, 0.3) is 0 Å². The molecule has 0 fully saturated rings. The van der Waals surface area contributed by atoms with E-state index >= 15 is 0 Å². The number of hydrogen-bond acceptors (Lipinski definition) is 3. The Morgan fingerprint density at radius 3 is 2.60 bits per heavy atom. The Bertz CT molecular complexity index is 197. The van der Waals surface area contributed by atoms with E-state index in [2.05, 4.69) is 12.3 Å². The van der Waals surface area contributed by atoms with Gasteiger partial charge in [0.1, 0.15) is 12.3 Å². The smallest absolute Gasteiger partial charge is 0.422 e. The molecule has 0 saturated carbocycles. The zero-order chi connectivity index (χ0) is 11.7. The molecule has 5 heteroatoms. The highest BCUT2D eigenvalue weighted by Crippen LogP contribution is 1.98. The fraction of sp³-hybridized carbons (Fsp3) is 0.800. The summed E-state index contributed by atoms with van der Waals surface area (Å²) in [6.45, 7) is 4.25. The number of carbonyl (C=O) groups excluding carboxylic acids is 1. The van der Waals surface area contributed by atoms with E-state index in [1.54, 1.807) is 6.92 Å². The first-order chi connectivity index (χ1) is 7.13. The topological polar surface area (TPSA) is 69.6 Å². The summed E-state index contributed by atoms with van der Waals surface area (Å²) in [6, 6.07) is -0.645. The number of hydrogen-bond donors (Lipinski definition) is 2. The third-order valence-corrected chi connectivity index (χ3v) is 2.12. The van der Waals surface area contributed by atoms with Gasteiger partial charge in [-0.25, -0.2) is 15.2 Å². The zero-order valence-electron chi connectivity index (χ0n) is 9.40. The van der Waals surface area contributed by atoms with E-state index in [1.165, 1.54) is 0 Å². The largest absolute Gasteiger partial charge is 0.464 e. The summed E-state index contributed by atoms with van der Waals surface area (Å²) in [6.07, 6.45) is 3.78.